The molecule has 2 atom stereocenters. The molecule has 1 aromatic rings. The molecule has 10 heteroatoms. The van der Waals surface area contributed by atoms with E-state index >= 15 is 0 Å². The molecule has 2 heterocycles. The molecule has 2 aliphatic rings. The van der Waals surface area contributed by atoms with E-state index in [4.69, 9.17) is 5.73 Å². The second-order valence-electron chi connectivity index (χ2n) is 7.16. The number of primary amides is 1. The summed E-state index contributed by atoms with van der Waals surface area (Å²) in [5.74, 6) is -3.63. The molecule has 0 bridgehead atoms. The molecule has 0 aliphatic carbocycles. The number of rotatable bonds is 5. The van der Waals surface area contributed by atoms with Gasteiger partial charge in [-0.1, -0.05) is 12.1 Å². The quantitative estimate of drug-likeness (QED) is 0.657. The smallest absolute Gasteiger partial charge is 0.262 e. The molecular weight excluding hydrogens is 413 g/mol. The number of nitrogens with zero attached hydrogens (tertiary/aromatic N) is 1. The Bertz CT molecular complexity index is 676. The fourth-order valence-electron chi connectivity index (χ4n) is 3.51. The monoisotopic (exact) mass is 438 g/mol. The standard InChI is InChI=1S/C18H24F2N4O2.2ClH/c19-18(20)8-15(22-11-18)17(26)23-14-5-3-12(4-6-14)9-24-7-1-2-13(10-24)16(21)25;;/h3-6,13,15,22H,1-2,7-11H2,(H2,21,25)(H,23,26);2*1H. The van der Waals surface area contributed by atoms with Gasteiger partial charge in [0, 0.05) is 25.2 Å². The third kappa shape index (κ3) is 6.55. The van der Waals surface area contributed by atoms with Crippen LogP contribution in [0.5, 0.6) is 0 Å². The molecule has 2 saturated heterocycles. The minimum atomic E-state index is -2.83. The number of benzene rings is 1. The van der Waals surface area contributed by atoms with E-state index in [1.165, 1.54) is 0 Å². The van der Waals surface area contributed by atoms with Crippen LogP contribution in [0.1, 0.15) is 24.8 Å². The molecule has 3 rings (SSSR count). The van der Waals surface area contributed by atoms with E-state index in [9.17, 15) is 18.4 Å². The highest BCUT2D eigenvalue weighted by atomic mass is 35.5. The van der Waals surface area contributed by atoms with Crippen molar-refractivity contribution >= 4 is 42.3 Å². The molecule has 2 aliphatic heterocycles. The van der Waals surface area contributed by atoms with Gasteiger partial charge in [-0.25, -0.2) is 8.78 Å². The Morgan fingerprint density at radius 1 is 1.25 bits per heavy atom. The molecule has 0 radical (unpaired) electrons. The van der Waals surface area contributed by atoms with E-state index in [0.29, 0.717) is 18.8 Å². The number of nitrogens with one attached hydrogen (secondary N) is 2. The summed E-state index contributed by atoms with van der Waals surface area (Å²) < 4.78 is 26.3. The van der Waals surface area contributed by atoms with Crippen LogP contribution in [-0.4, -0.2) is 48.3 Å². The summed E-state index contributed by atoms with van der Waals surface area (Å²) in [5.41, 5.74) is 7.03. The molecule has 2 fully saturated rings. The van der Waals surface area contributed by atoms with Crippen molar-refractivity contribution in [3.63, 3.8) is 0 Å². The van der Waals surface area contributed by atoms with Gasteiger partial charge in [0.15, 0.2) is 0 Å². The van der Waals surface area contributed by atoms with E-state index in [1.807, 2.05) is 12.1 Å². The van der Waals surface area contributed by atoms with E-state index in [2.05, 4.69) is 15.5 Å². The van der Waals surface area contributed by atoms with Gasteiger partial charge in [-0.3, -0.25) is 19.8 Å². The molecule has 0 aromatic heterocycles. The number of amides is 2. The van der Waals surface area contributed by atoms with Crippen LogP contribution in [0.15, 0.2) is 24.3 Å². The van der Waals surface area contributed by atoms with Crippen molar-refractivity contribution in [1.29, 1.82) is 0 Å². The lowest BCUT2D eigenvalue weighted by Crippen LogP contribution is -2.40. The molecule has 6 nitrogen and oxygen atoms in total. The van der Waals surface area contributed by atoms with Crippen molar-refractivity contribution in [2.75, 3.05) is 25.0 Å². The molecule has 4 N–H and O–H groups in total. The van der Waals surface area contributed by atoms with Gasteiger partial charge in [0.1, 0.15) is 0 Å². The van der Waals surface area contributed by atoms with E-state index in [-0.39, 0.29) is 36.6 Å². The minimum absolute atomic E-state index is 0. The van der Waals surface area contributed by atoms with Crippen LogP contribution in [0.3, 0.4) is 0 Å². The van der Waals surface area contributed by atoms with Gasteiger partial charge >= 0.3 is 0 Å². The predicted octanol–water partition coefficient (Wildman–Crippen LogP) is 2.16. The van der Waals surface area contributed by atoms with Gasteiger partial charge in [0.25, 0.3) is 5.92 Å². The maximum atomic E-state index is 13.2. The van der Waals surface area contributed by atoms with Crippen molar-refractivity contribution in [1.82, 2.24) is 10.2 Å². The zero-order valence-corrected chi connectivity index (χ0v) is 17.0. The molecule has 1 aromatic carbocycles. The number of alkyl halides is 2. The molecule has 2 amide bonds. The van der Waals surface area contributed by atoms with Gasteiger partial charge in [0.2, 0.25) is 11.8 Å². The lowest BCUT2D eigenvalue weighted by molar-refractivity contribution is -0.123. The Labute approximate surface area is 175 Å². The predicted molar refractivity (Wildman–Crippen MR) is 108 cm³/mol. The number of hydrogen-bond acceptors (Lipinski definition) is 4. The fourth-order valence-corrected chi connectivity index (χ4v) is 3.51. The number of anilines is 1. The zero-order chi connectivity index (χ0) is 18.7. The van der Waals surface area contributed by atoms with Crippen LogP contribution in [0, 0.1) is 5.92 Å². The fraction of sp³-hybridized carbons (Fsp3) is 0.556. The van der Waals surface area contributed by atoms with Gasteiger partial charge < -0.3 is 11.1 Å². The molecule has 158 valence electrons. The maximum absolute atomic E-state index is 13.2. The Balaban J connectivity index is 0.00000196. The first kappa shape index (κ1) is 24.6. The summed E-state index contributed by atoms with van der Waals surface area (Å²) in [6.07, 6.45) is 1.30. The summed E-state index contributed by atoms with van der Waals surface area (Å²) in [7, 11) is 0. The van der Waals surface area contributed by atoms with Gasteiger partial charge in [-0.2, -0.15) is 0 Å². The van der Waals surface area contributed by atoms with Gasteiger partial charge in [-0.15, -0.1) is 24.8 Å². The normalized spacial score (nSPS) is 23.9. The van der Waals surface area contributed by atoms with Crippen molar-refractivity contribution in [2.45, 2.75) is 37.8 Å². The van der Waals surface area contributed by atoms with Crippen LogP contribution >= 0.6 is 24.8 Å². The summed E-state index contributed by atoms with van der Waals surface area (Å²) in [4.78, 5) is 25.6. The van der Waals surface area contributed by atoms with Crippen LogP contribution in [-0.2, 0) is 16.1 Å². The third-order valence-electron chi connectivity index (χ3n) is 4.96. The summed E-state index contributed by atoms with van der Waals surface area (Å²) in [5, 5.41) is 5.20. The zero-order valence-electron chi connectivity index (χ0n) is 15.3. The van der Waals surface area contributed by atoms with Crippen molar-refractivity contribution < 1.29 is 18.4 Å². The SMILES string of the molecule is Cl.Cl.NC(=O)C1CCCN(Cc2ccc(NC(=O)C3CC(F)(F)CN3)cc2)C1. The third-order valence-corrected chi connectivity index (χ3v) is 4.96. The largest absolute Gasteiger partial charge is 0.369 e. The summed E-state index contributed by atoms with van der Waals surface area (Å²) in [6.45, 7) is 1.82. The number of halogens is 4. The number of hydrogen-bond donors (Lipinski definition) is 3. The van der Waals surface area contributed by atoms with Gasteiger partial charge in [-0.05, 0) is 37.1 Å². The van der Waals surface area contributed by atoms with Crippen LogP contribution in [0.4, 0.5) is 14.5 Å². The second kappa shape index (κ2) is 10.3. The lowest BCUT2D eigenvalue weighted by atomic mass is 9.97. The van der Waals surface area contributed by atoms with E-state index in [1.54, 1.807) is 12.1 Å². The van der Waals surface area contributed by atoms with Crippen LogP contribution in [0.2, 0.25) is 0 Å². The highest BCUT2D eigenvalue weighted by molar-refractivity contribution is 5.95. The van der Waals surface area contributed by atoms with Crippen LogP contribution < -0.4 is 16.4 Å². The van der Waals surface area contributed by atoms with Crippen LogP contribution in [0.25, 0.3) is 0 Å². The Kier molecular flexibility index (Phi) is 9.07. The number of nitrogens with two attached hydrogens (primary N) is 1. The lowest BCUT2D eigenvalue weighted by Gasteiger charge is -2.31. The highest BCUT2D eigenvalue weighted by Crippen LogP contribution is 2.26. The Morgan fingerprint density at radius 3 is 2.50 bits per heavy atom. The highest BCUT2D eigenvalue weighted by Gasteiger charge is 2.42. The second-order valence-corrected chi connectivity index (χ2v) is 7.16. The number of piperidine rings is 1. The summed E-state index contributed by atoms with van der Waals surface area (Å²) in [6, 6.07) is 6.43. The minimum Gasteiger partial charge on any atom is -0.369 e. The molecule has 28 heavy (non-hydrogen) atoms. The molecule has 2 unspecified atom stereocenters. The Morgan fingerprint density at radius 2 is 1.93 bits per heavy atom. The van der Waals surface area contributed by atoms with Crippen molar-refractivity contribution in [3.8, 4) is 0 Å². The number of likely N-dealkylation sites (tertiary alicyclic amines) is 1. The Hall–Kier alpha value is -1.48. The van der Waals surface area contributed by atoms with Crippen molar-refractivity contribution in [2.24, 2.45) is 11.7 Å². The average molecular weight is 439 g/mol. The summed E-state index contributed by atoms with van der Waals surface area (Å²) >= 11 is 0. The van der Waals surface area contributed by atoms with E-state index < -0.39 is 30.8 Å². The molecule has 0 spiro atoms. The number of carbonyl (C=O) groups is 2. The molecule has 0 saturated carbocycles. The first-order chi connectivity index (χ1) is 12.3. The number of carbonyl (C=O) groups excluding carboxylic acids is 2. The first-order valence-corrected chi connectivity index (χ1v) is 8.85. The first-order valence-electron chi connectivity index (χ1n) is 8.85. The average Bonchev–Trinajstić information content (AvgIpc) is 2.97. The van der Waals surface area contributed by atoms with Gasteiger partial charge in [0.05, 0.1) is 18.5 Å². The van der Waals surface area contributed by atoms with E-state index in [0.717, 1.165) is 24.9 Å². The maximum Gasteiger partial charge on any atom is 0.262 e. The topological polar surface area (TPSA) is 87.5 Å². The van der Waals surface area contributed by atoms with Crippen molar-refractivity contribution in [3.05, 3.63) is 29.8 Å². The molecular formula is C18H26Cl2F2N4O2.